The van der Waals surface area contributed by atoms with Gasteiger partial charge in [0.15, 0.2) is 0 Å². The quantitative estimate of drug-likeness (QED) is 0.676. The normalized spacial score (nSPS) is 16.4. The van der Waals surface area contributed by atoms with Gasteiger partial charge in [0.2, 0.25) is 0 Å². The Balaban J connectivity index is 2.12. The number of rotatable bonds is 2. The third-order valence-corrected chi connectivity index (χ3v) is 3.14. The van der Waals surface area contributed by atoms with E-state index in [-0.39, 0.29) is 0 Å². The Kier molecular flexibility index (Phi) is 1.66. The molecule has 0 bridgehead atoms. The van der Waals surface area contributed by atoms with Crippen LogP contribution in [0.1, 0.15) is 18.4 Å². The predicted molar refractivity (Wildman–Crippen MR) is 59.4 cm³/mol. The predicted octanol–water partition coefficient (Wildman–Crippen LogP) is 3.36. The van der Waals surface area contributed by atoms with Crippen LogP contribution in [0.15, 0.2) is 30.5 Å². The van der Waals surface area contributed by atoms with E-state index in [1.54, 1.807) is 0 Å². The standard InChI is InChI=1S/C13H15N/c1-10-8-14(9-11-6-7-11)13-5-3-2-4-12(10)13/h2-5,8,11H,6-7,9H2,1H3. The van der Waals surface area contributed by atoms with Gasteiger partial charge in [-0.1, -0.05) is 18.2 Å². The van der Waals surface area contributed by atoms with Crippen molar-refractivity contribution < 1.29 is 0 Å². The second kappa shape index (κ2) is 2.88. The molecule has 0 radical (unpaired) electrons. The lowest BCUT2D eigenvalue weighted by Gasteiger charge is -2.02. The fourth-order valence-corrected chi connectivity index (χ4v) is 2.16. The summed E-state index contributed by atoms with van der Waals surface area (Å²) in [5.41, 5.74) is 2.80. The lowest BCUT2D eigenvalue weighted by atomic mass is 10.2. The molecule has 0 amide bonds. The lowest BCUT2D eigenvalue weighted by molar-refractivity contribution is 0.646. The van der Waals surface area contributed by atoms with Crippen molar-refractivity contribution in [2.75, 3.05) is 0 Å². The highest BCUT2D eigenvalue weighted by Crippen LogP contribution is 2.32. The van der Waals surface area contributed by atoms with Crippen LogP contribution in [0.25, 0.3) is 10.9 Å². The number of hydrogen-bond donors (Lipinski definition) is 0. The molecule has 1 aromatic carbocycles. The first-order valence-corrected chi connectivity index (χ1v) is 5.39. The van der Waals surface area contributed by atoms with Crippen molar-refractivity contribution in [1.29, 1.82) is 0 Å². The van der Waals surface area contributed by atoms with Gasteiger partial charge in [-0.05, 0) is 37.3 Å². The largest absolute Gasteiger partial charge is 0.347 e. The molecule has 1 fully saturated rings. The molecule has 1 heteroatoms. The van der Waals surface area contributed by atoms with Crippen molar-refractivity contribution in [2.45, 2.75) is 26.3 Å². The van der Waals surface area contributed by atoms with Crippen LogP contribution in [0.3, 0.4) is 0 Å². The van der Waals surface area contributed by atoms with Crippen LogP contribution in [0.5, 0.6) is 0 Å². The Morgan fingerprint density at radius 3 is 2.86 bits per heavy atom. The third-order valence-electron chi connectivity index (χ3n) is 3.14. The highest BCUT2D eigenvalue weighted by atomic mass is 15.0. The monoisotopic (exact) mass is 185 g/mol. The molecule has 1 saturated carbocycles. The van der Waals surface area contributed by atoms with Gasteiger partial charge < -0.3 is 4.57 Å². The van der Waals surface area contributed by atoms with Crippen LogP contribution in [-0.2, 0) is 6.54 Å². The molecule has 72 valence electrons. The summed E-state index contributed by atoms with van der Waals surface area (Å²) in [6.45, 7) is 3.42. The van der Waals surface area contributed by atoms with Crippen LogP contribution >= 0.6 is 0 Å². The highest BCUT2D eigenvalue weighted by Gasteiger charge is 2.22. The van der Waals surface area contributed by atoms with E-state index in [0.717, 1.165) is 5.92 Å². The van der Waals surface area contributed by atoms with Crippen LogP contribution < -0.4 is 0 Å². The van der Waals surface area contributed by atoms with E-state index >= 15 is 0 Å². The van der Waals surface area contributed by atoms with Crippen LogP contribution in [0, 0.1) is 12.8 Å². The number of aromatic nitrogens is 1. The second-order valence-electron chi connectivity index (χ2n) is 4.42. The molecule has 14 heavy (non-hydrogen) atoms. The number of benzene rings is 1. The van der Waals surface area contributed by atoms with Crippen LogP contribution in [0.2, 0.25) is 0 Å². The SMILES string of the molecule is Cc1cn(CC2CC2)c2ccccc12. The third kappa shape index (κ3) is 1.24. The Labute approximate surface area is 84.4 Å². The molecule has 1 aromatic heterocycles. The molecule has 1 aliphatic carbocycles. The van der Waals surface area contributed by atoms with Gasteiger partial charge in [-0.3, -0.25) is 0 Å². The van der Waals surface area contributed by atoms with Gasteiger partial charge in [-0.25, -0.2) is 0 Å². The van der Waals surface area contributed by atoms with E-state index in [0.29, 0.717) is 0 Å². The maximum atomic E-state index is 2.42. The van der Waals surface area contributed by atoms with Crippen LogP contribution in [0.4, 0.5) is 0 Å². The van der Waals surface area contributed by atoms with E-state index < -0.39 is 0 Å². The maximum Gasteiger partial charge on any atom is 0.0483 e. The average Bonchev–Trinajstić information content (AvgIpc) is 2.95. The van der Waals surface area contributed by atoms with Crippen molar-refractivity contribution in [3.05, 3.63) is 36.0 Å². The number of aryl methyl sites for hydroxylation is 1. The van der Waals surface area contributed by atoms with Gasteiger partial charge in [0.25, 0.3) is 0 Å². The summed E-state index contributed by atoms with van der Waals surface area (Å²) < 4.78 is 2.42. The topological polar surface area (TPSA) is 4.93 Å². The Morgan fingerprint density at radius 2 is 2.07 bits per heavy atom. The Bertz CT molecular complexity index is 463. The fraction of sp³-hybridized carbons (Fsp3) is 0.385. The van der Waals surface area contributed by atoms with E-state index in [2.05, 4.69) is 42.0 Å². The summed E-state index contributed by atoms with van der Waals surface area (Å²) in [5.74, 6) is 0.949. The molecule has 3 rings (SSSR count). The molecule has 0 aliphatic heterocycles. The summed E-state index contributed by atoms with van der Waals surface area (Å²) in [6.07, 6.45) is 5.14. The van der Waals surface area contributed by atoms with Crippen molar-refractivity contribution in [3.63, 3.8) is 0 Å². The summed E-state index contributed by atoms with van der Waals surface area (Å²) in [6, 6.07) is 8.70. The van der Waals surface area contributed by atoms with Gasteiger partial charge in [-0.15, -0.1) is 0 Å². The average molecular weight is 185 g/mol. The van der Waals surface area contributed by atoms with Gasteiger partial charge in [0, 0.05) is 23.6 Å². The number of nitrogens with zero attached hydrogens (tertiary/aromatic N) is 1. The molecule has 1 heterocycles. The van der Waals surface area contributed by atoms with Gasteiger partial charge in [0.1, 0.15) is 0 Å². The zero-order valence-corrected chi connectivity index (χ0v) is 8.53. The molecule has 0 unspecified atom stereocenters. The van der Waals surface area contributed by atoms with Crippen molar-refractivity contribution >= 4 is 10.9 Å². The number of para-hydroxylation sites is 1. The first kappa shape index (κ1) is 8.10. The molecular weight excluding hydrogens is 170 g/mol. The first-order valence-electron chi connectivity index (χ1n) is 5.39. The molecular formula is C13H15N. The summed E-state index contributed by atoms with van der Waals surface area (Å²) in [7, 11) is 0. The van der Waals surface area contributed by atoms with Crippen molar-refractivity contribution in [1.82, 2.24) is 4.57 Å². The van der Waals surface area contributed by atoms with Crippen LogP contribution in [-0.4, -0.2) is 4.57 Å². The molecule has 1 aliphatic rings. The van der Waals surface area contributed by atoms with E-state index in [4.69, 9.17) is 0 Å². The van der Waals surface area contributed by atoms with E-state index in [1.165, 1.54) is 35.9 Å². The summed E-state index contributed by atoms with van der Waals surface area (Å²) >= 11 is 0. The van der Waals surface area contributed by atoms with Crippen molar-refractivity contribution in [2.24, 2.45) is 5.92 Å². The Hall–Kier alpha value is -1.24. The smallest absolute Gasteiger partial charge is 0.0483 e. The number of fused-ring (bicyclic) bond motifs is 1. The zero-order chi connectivity index (χ0) is 9.54. The minimum absolute atomic E-state index is 0.949. The first-order chi connectivity index (χ1) is 6.84. The highest BCUT2D eigenvalue weighted by molar-refractivity contribution is 5.83. The molecule has 2 aromatic rings. The molecule has 0 N–H and O–H groups in total. The van der Waals surface area contributed by atoms with Gasteiger partial charge in [-0.2, -0.15) is 0 Å². The van der Waals surface area contributed by atoms with E-state index in [1.807, 2.05) is 0 Å². The minimum atomic E-state index is 0.949. The number of hydrogen-bond acceptors (Lipinski definition) is 0. The minimum Gasteiger partial charge on any atom is -0.347 e. The lowest BCUT2D eigenvalue weighted by Crippen LogP contribution is -1.96. The summed E-state index contributed by atoms with van der Waals surface area (Å²) in [4.78, 5) is 0. The van der Waals surface area contributed by atoms with Gasteiger partial charge >= 0.3 is 0 Å². The molecule has 1 nitrogen and oxygen atoms in total. The fourth-order valence-electron chi connectivity index (χ4n) is 2.16. The summed E-state index contributed by atoms with van der Waals surface area (Å²) in [5, 5.41) is 1.41. The molecule has 0 saturated heterocycles. The van der Waals surface area contributed by atoms with Gasteiger partial charge in [0.05, 0.1) is 0 Å². The van der Waals surface area contributed by atoms with Crippen molar-refractivity contribution in [3.8, 4) is 0 Å². The zero-order valence-electron chi connectivity index (χ0n) is 8.53. The van der Waals surface area contributed by atoms with E-state index in [9.17, 15) is 0 Å². The molecule has 0 atom stereocenters. The second-order valence-corrected chi connectivity index (χ2v) is 4.42. The molecule has 0 spiro atoms. The maximum absolute atomic E-state index is 2.42. The Morgan fingerprint density at radius 1 is 1.29 bits per heavy atom.